The molecule has 0 amide bonds. The topological polar surface area (TPSA) is 43.1 Å². The van der Waals surface area contributed by atoms with Crippen LogP contribution in [-0.2, 0) is 0 Å². The normalized spacial score (nSPS) is 9.64. The summed E-state index contributed by atoms with van der Waals surface area (Å²) in [5, 5.41) is 0.481. The van der Waals surface area contributed by atoms with Gasteiger partial charge >= 0.3 is 0 Å². The zero-order chi connectivity index (χ0) is 8.43. The third kappa shape index (κ3) is 1.71. The number of hydrogen-bond donors (Lipinski definition) is 1. The van der Waals surface area contributed by atoms with Crippen molar-refractivity contribution in [2.75, 3.05) is 5.73 Å². The molecular weight excluding hydrogens is 162 g/mol. The number of anilines is 1. The van der Waals surface area contributed by atoms with Gasteiger partial charge in [0.25, 0.3) is 0 Å². The minimum atomic E-state index is -0.00614. The second kappa shape index (κ2) is 2.93. The van der Waals surface area contributed by atoms with Crippen LogP contribution in [0, 0.1) is 0 Å². The Morgan fingerprint density at radius 1 is 1.55 bits per heavy atom. The molecule has 0 bridgehead atoms. The summed E-state index contributed by atoms with van der Waals surface area (Å²) in [6, 6.07) is 4.85. The fourth-order valence-corrected chi connectivity index (χ4v) is 0.880. The number of nitrogens with two attached hydrogens (primary N) is 1. The minimum Gasteiger partial charge on any atom is -0.398 e. The first-order chi connectivity index (χ1) is 5.11. The maximum atomic E-state index is 10.8. The highest BCUT2D eigenvalue weighted by atomic mass is 35.5. The number of Topliss-reactive ketones (excluding diaryl/α,β-unsaturated/α-hetero) is 1. The molecule has 58 valence electrons. The van der Waals surface area contributed by atoms with E-state index >= 15 is 0 Å². The first kappa shape index (κ1) is 8.08. The van der Waals surface area contributed by atoms with Crippen molar-refractivity contribution in [1.29, 1.82) is 0 Å². The predicted molar refractivity (Wildman–Crippen MR) is 45.9 cm³/mol. The second-order valence-corrected chi connectivity index (χ2v) is 2.70. The summed E-state index contributed by atoms with van der Waals surface area (Å²) >= 11 is 5.65. The molecule has 1 aromatic rings. The lowest BCUT2D eigenvalue weighted by atomic mass is 10.1. The molecule has 1 aromatic carbocycles. The molecule has 2 nitrogen and oxygen atoms in total. The van der Waals surface area contributed by atoms with Gasteiger partial charge in [-0.2, -0.15) is 0 Å². The molecule has 11 heavy (non-hydrogen) atoms. The molecule has 0 saturated carbocycles. The van der Waals surface area contributed by atoms with Crippen LogP contribution >= 0.6 is 11.6 Å². The number of halogens is 1. The van der Waals surface area contributed by atoms with Gasteiger partial charge in [-0.05, 0) is 25.1 Å². The van der Waals surface area contributed by atoms with Gasteiger partial charge in [0.1, 0.15) is 0 Å². The van der Waals surface area contributed by atoms with Gasteiger partial charge in [0.15, 0.2) is 5.78 Å². The van der Waals surface area contributed by atoms with E-state index in [2.05, 4.69) is 0 Å². The summed E-state index contributed by atoms with van der Waals surface area (Å²) < 4.78 is 0. The zero-order valence-corrected chi connectivity index (χ0v) is 6.85. The number of ketones is 1. The lowest BCUT2D eigenvalue weighted by molar-refractivity contribution is 0.101. The number of nitrogen functional groups attached to an aromatic ring is 1. The Labute approximate surface area is 70.0 Å². The van der Waals surface area contributed by atoms with Gasteiger partial charge in [0, 0.05) is 5.56 Å². The minimum absolute atomic E-state index is 0.00614. The highest BCUT2D eigenvalue weighted by Gasteiger charge is 2.01. The summed E-state index contributed by atoms with van der Waals surface area (Å²) in [5.41, 5.74) is 6.51. The quantitative estimate of drug-likeness (QED) is 0.517. The van der Waals surface area contributed by atoms with Gasteiger partial charge in [-0.3, -0.25) is 4.79 Å². The monoisotopic (exact) mass is 169 g/mol. The van der Waals surface area contributed by atoms with Crippen LogP contribution in [0.3, 0.4) is 0 Å². The van der Waals surface area contributed by atoms with Crippen LogP contribution in [0.4, 0.5) is 5.69 Å². The Bertz CT molecular complexity index is 296. The highest BCUT2D eigenvalue weighted by Crippen LogP contribution is 2.19. The summed E-state index contributed by atoms with van der Waals surface area (Å²) in [7, 11) is 0. The Balaban J connectivity index is 3.15. The van der Waals surface area contributed by atoms with E-state index in [1.165, 1.54) is 6.92 Å². The van der Waals surface area contributed by atoms with Crippen molar-refractivity contribution in [3.63, 3.8) is 0 Å². The third-order valence-corrected chi connectivity index (χ3v) is 1.75. The van der Waals surface area contributed by atoms with Gasteiger partial charge in [-0.15, -0.1) is 0 Å². The molecule has 0 heterocycles. The van der Waals surface area contributed by atoms with E-state index in [0.29, 0.717) is 16.3 Å². The molecule has 0 unspecified atom stereocenters. The molecule has 1 rings (SSSR count). The Kier molecular flexibility index (Phi) is 2.15. The van der Waals surface area contributed by atoms with E-state index in [4.69, 9.17) is 17.3 Å². The molecule has 0 radical (unpaired) electrons. The molecule has 0 aliphatic heterocycles. The smallest absolute Gasteiger partial charge is 0.159 e. The lowest BCUT2D eigenvalue weighted by Crippen LogP contribution is -1.94. The van der Waals surface area contributed by atoms with E-state index in [9.17, 15) is 4.79 Å². The number of carbonyl (C=O) groups excluding carboxylic acids is 1. The highest BCUT2D eigenvalue weighted by molar-refractivity contribution is 6.33. The van der Waals surface area contributed by atoms with Gasteiger partial charge < -0.3 is 5.73 Å². The summed E-state index contributed by atoms with van der Waals surface area (Å²) in [4.78, 5) is 10.8. The van der Waals surface area contributed by atoms with Crippen molar-refractivity contribution in [2.45, 2.75) is 6.92 Å². The molecule has 0 spiro atoms. The van der Waals surface area contributed by atoms with E-state index in [-0.39, 0.29) is 5.78 Å². The molecule has 0 fully saturated rings. The second-order valence-electron chi connectivity index (χ2n) is 2.29. The Morgan fingerprint density at radius 2 is 2.18 bits per heavy atom. The van der Waals surface area contributed by atoms with Gasteiger partial charge in [0.05, 0.1) is 10.7 Å². The van der Waals surface area contributed by atoms with Crippen LogP contribution < -0.4 is 5.73 Å². The Morgan fingerprint density at radius 3 is 2.64 bits per heavy atom. The van der Waals surface area contributed by atoms with E-state index < -0.39 is 0 Å². The molecule has 0 aliphatic carbocycles. The molecule has 3 heteroatoms. The van der Waals surface area contributed by atoms with Crippen LogP contribution in [0.2, 0.25) is 5.02 Å². The van der Waals surface area contributed by atoms with Crippen molar-refractivity contribution in [1.82, 2.24) is 0 Å². The fourth-order valence-electron chi connectivity index (χ4n) is 0.763. The third-order valence-electron chi connectivity index (χ3n) is 1.40. The average molecular weight is 170 g/mol. The largest absolute Gasteiger partial charge is 0.398 e. The van der Waals surface area contributed by atoms with Crippen molar-refractivity contribution in [3.05, 3.63) is 28.8 Å². The molecular formula is C8H8ClNO. The number of carbonyl (C=O) groups is 1. The maximum Gasteiger partial charge on any atom is 0.159 e. The van der Waals surface area contributed by atoms with Crippen LogP contribution in [-0.4, -0.2) is 5.78 Å². The number of hydrogen-bond acceptors (Lipinski definition) is 2. The average Bonchev–Trinajstić information content (AvgIpc) is 1.94. The van der Waals surface area contributed by atoms with Crippen molar-refractivity contribution in [2.24, 2.45) is 0 Å². The van der Waals surface area contributed by atoms with Crippen LogP contribution in [0.1, 0.15) is 17.3 Å². The number of benzene rings is 1. The standard InChI is InChI=1S/C8H8ClNO/c1-5(11)6-2-3-7(9)8(10)4-6/h2-4H,10H2,1H3. The van der Waals surface area contributed by atoms with Gasteiger partial charge in [0.2, 0.25) is 0 Å². The SMILES string of the molecule is CC(=O)c1ccc(Cl)c(N)c1. The maximum absolute atomic E-state index is 10.8. The van der Waals surface area contributed by atoms with Crippen molar-refractivity contribution in [3.8, 4) is 0 Å². The molecule has 0 aliphatic rings. The van der Waals surface area contributed by atoms with E-state index in [1.807, 2.05) is 0 Å². The van der Waals surface area contributed by atoms with E-state index in [0.717, 1.165) is 0 Å². The molecule has 0 atom stereocenters. The van der Waals surface area contributed by atoms with E-state index in [1.54, 1.807) is 18.2 Å². The molecule has 0 aromatic heterocycles. The summed E-state index contributed by atoms with van der Waals surface area (Å²) in [6.45, 7) is 1.49. The fraction of sp³-hybridized carbons (Fsp3) is 0.125. The van der Waals surface area contributed by atoms with Gasteiger partial charge in [-0.1, -0.05) is 11.6 Å². The van der Waals surface area contributed by atoms with Crippen molar-refractivity contribution >= 4 is 23.1 Å². The summed E-state index contributed by atoms with van der Waals surface area (Å²) in [5.74, 6) is -0.00614. The molecule has 2 N–H and O–H groups in total. The number of rotatable bonds is 1. The molecule has 0 saturated heterocycles. The van der Waals surface area contributed by atoms with Gasteiger partial charge in [-0.25, -0.2) is 0 Å². The van der Waals surface area contributed by atoms with Crippen LogP contribution in [0.25, 0.3) is 0 Å². The zero-order valence-electron chi connectivity index (χ0n) is 6.10. The summed E-state index contributed by atoms with van der Waals surface area (Å²) in [6.07, 6.45) is 0. The Hall–Kier alpha value is -1.02. The predicted octanol–water partition coefficient (Wildman–Crippen LogP) is 2.12. The van der Waals surface area contributed by atoms with Crippen LogP contribution in [0.15, 0.2) is 18.2 Å². The lowest BCUT2D eigenvalue weighted by Gasteiger charge is -1.98. The van der Waals surface area contributed by atoms with Crippen LogP contribution in [0.5, 0.6) is 0 Å². The first-order valence-corrected chi connectivity index (χ1v) is 3.55. The first-order valence-electron chi connectivity index (χ1n) is 3.17. The van der Waals surface area contributed by atoms with Crippen molar-refractivity contribution < 1.29 is 4.79 Å².